The Balaban J connectivity index is 2.46. The average molecular weight is 140 g/mol. The molecular weight excluding hydrogens is 128 g/mol. The number of ketones is 1. The highest BCUT2D eigenvalue weighted by molar-refractivity contribution is 5.85. The lowest BCUT2D eigenvalue weighted by Crippen LogP contribution is -2.13. The van der Waals surface area contributed by atoms with Crippen molar-refractivity contribution >= 4 is 5.78 Å². The number of ether oxygens (including phenoxy) is 1. The van der Waals surface area contributed by atoms with Gasteiger partial charge in [0, 0.05) is 6.42 Å². The third-order valence-electron chi connectivity index (χ3n) is 1.63. The van der Waals surface area contributed by atoms with E-state index in [9.17, 15) is 4.79 Å². The minimum absolute atomic E-state index is 0.109. The monoisotopic (exact) mass is 140 g/mol. The number of rotatable bonds is 2. The number of carbonyl (C=O) groups is 1. The van der Waals surface area contributed by atoms with Gasteiger partial charge in [0.05, 0.1) is 6.10 Å². The molecule has 1 aliphatic heterocycles. The van der Waals surface area contributed by atoms with Gasteiger partial charge in [-0.15, -0.1) is 6.58 Å². The Morgan fingerprint density at radius 1 is 1.90 bits per heavy atom. The second-order valence-corrected chi connectivity index (χ2v) is 2.63. The molecule has 10 heavy (non-hydrogen) atoms. The lowest BCUT2D eigenvalue weighted by molar-refractivity contribution is -0.122. The Labute approximate surface area is 60.9 Å². The van der Waals surface area contributed by atoms with Crippen LogP contribution in [0, 0.1) is 0 Å². The van der Waals surface area contributed by atoms with Crippen LogP contribution in [-0.4, -0.2) is 18.0 Å². The van der Waals surface area contributed by atoms with Crippen LogP contribution in [0.25, 0.3) is 0 Å². The fraction of sp³-hybridized carbons (Fsp3) is 0.625. The van der Waals surface area contributed by atoms with E-state index in [0.29, 0.717) is 12.8 Å². The molecule has 0 spiro atoms. The molecule has 1 rings (SSSR count). The van der Waals surface area contributed by atoms with Gasteiger partial charge in [0.2, 0.25) is 0 Å². The van der Waals surface area contributed by atoms with Gasteiger partial charge < -0.3 is 4.74 Å². The Hall–Kier alpha value is -0.630. The van der Waals surface area contributed by atoms with Gasteiger partial charge in [-0.3, -0.25) is 4.79 Å². The highest BCUT2D eigenvalue weighted by atomic mass is 16.5. The van der Waals surface area contributed by atoms with Crippen LogP contribution in [0.3, 0.4) is 0 Å². The topological polar surface area (TPSA) is 26.3 Å². The Bertz CT molecular complexity index is 151. The van der Waals surface area contributed by atoms with Crippen molar-refractivity contribution in [1.29, 1.82) is 0 Å². The normalized spacial score (nSPS) is 32.7. The van der Waals surface area contributed by atoms with E-state index in [0.717, 1.165) is 0 Å². The summed E-state index contributed by atoms with van der Waals surface area (Å²) in [5.74, 6) is 0.215. The minimum atomic E-state index is -0.201. The van der Waals surface area contributed by atoms with Crippen LogP contribution < -0.4 is 0 Å². The van der Waals surface area contributed by atoms with Crippen LogP contribution >= 0.6 is 0 Å². The second-order valence-electron chi connectivity index (χ2n) is 2.63. The van der Waals surface area contributed by atoms with Crippen molar-refractivity contribution < 1.29 is 9.53 Å². The maximum Gasteiger partial charge on any atom is 0.164 e. The van der Waals surface area contributed by atoms with E-state index in [1.54, 1.807) is 6.08 Å². The van der Waals surface area contributed by atoms with Crippen molar-refractivity contribution in [2.45, 2.75) is 32.0 Å². The fourth-order valence-electron chi connectivity index (χ4n) is 1.16. The van der Waals surface area contributed by atoms with Crippen LogP contribution in [0.15, 0.2) is 12.7 Å². The number of Topliss-reactive ketones (excluding diaryl/α,β-unsaturated/α-hetero) is 1. The summed E-state index contributed by atoms with van der Waals surface area (Å²) >= 11 is 0. The van der Waals surface area contributed by atoms with E-state index in [-0.39, 0.29) is 18.0 Å². The van der Waals surface area contributed by atoms with Gasteiger partial charge in [-0.05, 0) is 13.3 Å². The predicted molar refractivity (Wildman–Crippen MR) is 38.8 cm³/mol. The molecule has 1 aliphatic rings. The Morgan fingerprint density at radius 3 is 3.00 bits per heavy atom. The highest BCUT2D eigenvalue weighted by Gasteiger charge is 2.28. The summed E-state index contributed by atoms with van der Waals surface area (Å²) in [4.78, 5) is 11.0. The van der Waals surface area contributed by atoms with Gasteiger partial charge in [0.15, 0.2) is 5.78 Å². The van der Waals surface area contributed by atoms with E-state index in [2.05, 4.69) is 6.58 Å². The minimum Gasteiger partial charge on any atom is -0.367 e. The summed E-state index contributed by atoms with van der Waals surface area (Å²) in [6, 6.07) is 0. The van der Waals surface area contributed by atoms with Gasteiger partial charge in [-0.1, -0.05) is 6.08 Å². The number of hydrogen-bond acceptors (Lipinski definition) is 2. The molecule has 0 amide bonds. The van der Waals surface area contributed by atoms with Crippen molar-refractivity contribution in [3.63, 3.8) is 0 Å². The van der Waals surface area contributed by atoms with E-state index < -0.39 is 0 Å². The smallest absolute Gasteiger partial charge is 0.164 e. The van der Waals surface area contributed by atoms with Crippen LogP contribution in [-0.2, 0) is 9.53 Å². The van der Waals surface area contributed by atoms with Gasteiger partial charge in [-0.2, -0.15) is 0 Å². The van der Waals surface area contributed by atoms with Crippen molar-refractivity contribution in [3.05, 3.63) is 12.7 Å². The molecule has 0 saturated carbocycles. The maximum absolute atomic E-state index is 11.0. The summed E-state index contributed by atoms with van der Waals surface area (Å²) in [7, 11) is 0. The average Bonchev–Trinajstić information content (AvgIpc) is 2.13. The van der Waals surface area contributed by atoms with Gasteiger partial charge in [0.25, 0.3) is 0 Å². The third-order valence-corrected chi connectivity index (χ3v) is 1.63. The molecule has 0 aromatic carbocycles. The van der Waals surface area contributed by atoms with E-state index in [1.807, 2.05) is 6.92 Å². The van der Waals surface area contributed by atoms with Crippen molar-refractivity contribution in [2.75, 3.05) is 0 Å². The lowest BCUT2D eigenvalue weighted by atomic mass is 10.1. The van der Waals surface area contributed by atoms with Crippen LogP contribution in [0.2, 0.25) is 0 Å². The maximum atomic E-state index is 11.0. The SMILES string of the molecule is C=CC[C@@H]1O[C@@H](C)CC1=O. The molecule has 0 aromatic rings. The van der Waals surface area contributed by atoms with Crippen LogP contribution in [0.4, 0.5) is 0 Å². The summed E-state index contributed by atoms with van der Waals surface area (Å²) < 4.78 is 5.29. The molecule has 2 nitrogen and oxygen atoms in total. The zero-order valence-electron chi connectivity index (χ0n) is 6.17. The standard InChI is InChI=1S/C8H12O2/c1-3-4-8-7(9)5-6(2)10-8/h3,6,8H,1,4-5H2,2H3/t6-,8-/m0/s1. The molecule has 0 aliphatic carbocycles. The predicted octanol–water partition coefficient (Wildman–Crippen LogP) is 1.31. The zero-order chi connectivity index (χ0) is 7.56. The van der Waals surface area contributed by atoms with Crippen molar-refractivity contribution in [3.8, 4) is 0 Å². The van der Waals surface area contributed by atoms with Crippen LogP contribution in [0.1, 0.15) is 19.8 Å². The first-order valence-corrected chi connectivity index (χ1v) is 3.53. The largest absolute Gasteiger partial charge is 0.367 e. The molecule has 56 valence electrons. The Kier molecular flexibility index (Phi) is 2.22. The van der Waals surface area contributed by atoms with E-state index in [4.69, 9.17) is 4.74 Å². The van der Waals surface area contributed by atoms with Gasteiger partial charge in [0.1, 0.15) is 6.10 Å². The molecule has 1 heterocycles. The summed E-state index contributed by atoms with van der Waals surface area (Å²) in [6.07, 6.45) is 2.85. The molecule has 0 aromatic heterocycles. The highest BCUT2D eigenvalue weighted by Crippen LogP contribution is 2.17. The second kappa shape index (κ2) is 2.97. The van der Waals surface area contributed by atoms with Gasteiger partial charge in [-0.25, -0.2) is 0 Å². The molecule has 0 radical (unpaired) electrons. The lowest BCUT2D eigenvalue weighted by Gasteiger charge is -2.04. The molecule has 1 saturated heterocycles. The first-order chi connectivity index (χ1) is 4.74. The Morgan fingerprint density at radius 2 is 2.60 bits per heavy atom. The van der Waals surface area contributed by atoms with Crippen molar-refractivity contribution in [2.24, 2.45) is 0 Å². The zero-order valence-corrected chi connectivity index (χ0v) is 6.17. The summed E-state index contributed by atoms with van der Waals surface area (Å²) in [5, 5.41) is 0. The molecule has 0 unspecified atom stereocenters. The third kappa shape index (κ3) is 1.45. The number of carbonyl (C=O) groups excluding carboxylic acids is 1. The first-order valence-electron chi connectivity index (χ1n) is 3.53. The summed E-state index contributed by atoms with van der Waals surface area (Å²) in [5.41, 5.74) is 0. The molecule has 2 atom stereocenters. The molecule has 0 N–H and O–H groups in total. The molecular formula is C8H12O2. The molecule has 1 fully saturated rings. The fourth-order valence-corrected chi connectivity index (χ4v) is 1.16. The molecule has 2 heteroatoms. The summed E-state index contributed by atoms with van der Waals surface area (Å²) in [6.45, 7) is 5.47. The van der Waals surface area contributed by atoms with Crippen molar-refractivity contribution in [1.82, 2.24) is 0 Å². The van der Waals surface area contributed by atoms with Crippen LogP contribution in [0.5, 0.6) is 0 Å². The van der Waals surface area contributed by atoms with E-state index >= 15 is 0 Å². The van der Waals surface area contributed by atoms with E-state index in [1.165, 1.54) is 0 Å². The van der Waals surface area contributed by atoms with Gasteiger partial charge >= 0.3 is 0 Å². The first kappa shape index (κ1) is 7.48. The molecule has 0 bridgehead atoms. The number of hydrogen-bond donors (Lipinski definition) is 0. The quantitative estimate of drug-likeness (QED) is 0.540.